The summed E-state index contributed by atoms with van der Waals surface area (Å²) in [7, 11) is 0. The monoisotopic (exact) mass is 600 g/mol. The number of aromatic nitrogens is 4. The Balaban J connectivity index is 1.31. The molecule has 3 aromatic carbocycles. The van der Waals surface area contributed by atoms with Crippen LogP contribution in [0.2, 0.25) is 0 Å². The van der Waals surface area contributed by atoms with Gasteiger partial charge in [-0.2, -0.15) is 0 Å². The Morgan fingerprint density at radius 3 is 2.40 bits per heavy atom. The first kappa shape index (κ1) is 29.3. The standard InChI is InChI=1S/C31H32N6O3S2/c1-5-40-23-16-14-22(15-17-23)37-26(18-32-28(39)20-10-12-21(13-11-20)31(2,3)4)35-36-30(37)41-19-27(38)34-29-33-24-8-6-7-9-25(24)42-29/h6-17H,5,18-19H2,1-4H3,(H,32,39)(H,33,34,38). The fourth-order valence-corrected chi connectivity index (χ4v) is 5.87. The van der Waals surface area contributed by atoms with Gasteiger partial charge in [-0.05, 0) is 66.4 Å². The number of para-hydroxylation sites is 1. The number of anilines is 1. The van der Waals surface area contributed by atoms with Crippen molar-refractivity contribution in [3.63, 3.8) is 0 Å². The molecule has 9 nitrogen and oxygen atoms in total. The summed E-state index contributed by atoms with van der Waals surface area (Å²) in [6.45, 7) is 9.05. The number of fused-ring (bicyclic) bond motifs is 1. The number of nitrogens with zero attached hydrogens (tertiary/aromatic N) is 4. The van der Waals surface area contributed by atoms with Crippen LogP contribution in [0.3, 0.4) is 0 Å². The molecule has 0 unspecified atom stereocenters. The van der Waals surface area contributed by atoms with Gasteiger partial charge in [-0.1, -0.05) is 68.1 Å². The molecule has 0 saturated carbocycles. The first-order chi connectivity index (χ1) is 20.2. The van der Waals surface area contributed by atoms with Crippen molar-refractivity contribution in [1.82, 2.24) is 25.1 Å². The number of carbonyl (C=O) groups excluding carboxylic acids is 2. The zero-order chi connectivity index (χ0) is 29.7. The smallest absolute Gasteiger partial charge is 0.251 e. The Morgan fingerprint density at radius 2 is 1.71 bits per heavy atom. The summed E-state index contributed by atoms with van der Waals surface area (Å²) in [6, 6.07) is 22.9. The van der Waals surface area contributed by atoms with E-state index < -0.39 is 0 Å². The van der Waals surface area contributed by atoms with Crippen molar-refractivity contribution in [3.8, 4) is 11.4 Å². The fourth-order valence-electron chi connectivity index (χ4n) is 4.22. The van der Waals surface area contributed by atoms with Crippen molar-refractivity contribution in [3.05, 3.63) is 89.7 Å². The Hall–Kier alpha value is -4.22. The topological polar surface area (TPSA) is 111 Å². The van der Waals surface area contributed by atoms with Gasteiger partial charge in [0.05, 0.1) is 29.1 Å². The molecule has 0 fully saturated rings. The van der Waals surface area contributed by atoms with Crippen molar-refractivity contribution in [2.75, 3.05) is 17.7 Å². The summed E-state index contributed by atoms with van der Waals surface area (Å²) < 4.78 is 8.44. The lowest BCUT2D eigenvalue weighted by Gasteiger charge is -2.19. The highest BCUT2D eigenvalue weighted by atomic mass is 32.2. The van der Waals surface area contributed by atoms with E-state index in [9.17, 15) is 9.59 Å². The minimum atomic E-state index is -0.207. The van der Waals surface area contributed by atoms with Crippen molar-refractivity contribution in [2.45, 2.75) is 44.8 Å². The second kappa shape index (κ2) is 12.7. The molecule has 2 N–H and O–H groups in total. The number of benzene rings is 3. The summed E-state index contributed by atoms with van der Waals surface area (Å²) in [5, 5.41) is 15.6. The van der Waals surface area contributed by atoms with Gasteiger partial charge in [-0.15, -0.1) is 10.2 Å². The number of carbonyl (C=O) groups is 2. The first-order valence-corrected chi connectivity index (χ1v) is 15.4. The maximum absolute atomic E-state index is 13.0. The van der Waals surface area contributed by atoms with Crippen LogP contribution in [0.5, 0.6) is 5.75 Å². The molecule has 2 heterocycles. The third-order valence-corrected chi connectivity index (χ3v) is 8.28. The molecule has 11 heteroatoms. The highest BCUT2D eigenvalue weighted by molar-refractivity contribution is 7.99. The molecule has 216 valence electrons. The Bertz CT molecular complexity index is 1660. The number of thiazole rings is 1. The van der Waals surface area contributed by atoms with Gasteiger partial charge in [-0.25, -0.2) is 4.98 Å². The lowest BCUT2D eigenvalue weighted by molar-refractivity contribution is -0.113. The molecule has 0 saturated heterocycles. The lowest BCUT2D eigenvalue weighted by atomic mass is 9.87. The van der Waals surface area contributed by atoms with Crippen LogP contribution >= 0.6 is 23.1 Å². The summed E-state index contributed by atoms with van der Waals surface area (Å²) in [6.07, 6.45) is 0. The lowest BCUT2D eigenvalue weighted by Crippen LogP contribution is -2.25. The number of hydrogen-bond donors (Lipinski definition) is 2. The molecule has 5 aromatic rings. The van der Waals surface area contributed by atoms with Gasteiger partial charge in [0, 0.05) is 11.3 Å². The zero-order valence-electron chi connectivity index (χ0n) is 23.9. The van der Waals surface area contributed by atoms with E-state index in [2.05, 4.69) is 46.6 Å². The average Bonchev–Trinajstić information content (AvgIpc) is 3.58. The molecule has 0 atom stereocenters. The highest BCUT2D eigenvalue weighted by Crippen LogP contribution is 2.27. The molecular formula is C31H32N6O3S2. The Morgan fingerprint density at radius 1 is 0.976 bits per heavy atom. The van der Waals surface area contributed by atoms with Gasteiger partial charge in [0.2, 0.25) is 5.91 Å². The maximum Gasteiger partial charge on any atom is 0.251 e. The van der Waals surface area contributed by atoms with Gasteiger partial charge in [0.15, 0.2) is 16.1 Å². The van der Waals surface area contributed by atoms with Gasteiger partial charge >= 0.3 is 0 Å². The average molecular weight is 601 g/mol. The molecular weight excluding hydrogens is 569 g/mol. The molecule has 0 aliphatic heterocycles. The summed E-state index contributed by atoms with van der Waals surface area (Å²) in [5.41, 5.74) is 3.36. The second-order valence-corrected chi connectivity index (χ2v) is 12.5. The largest absolute Gasteiger partial charge is 0.494 e. The second-order valence-electron chi connectivity index (χ2n) is 10.5. The highest BCUT2D eigenvalue weighted by Gasteiger charge is 2.19. The first-order valence-electron chi connectivity index (χ1n) is 13.6. The molecule has 0 aliphatic carbocycles. The summed E-state index contributed by atoms with van der Waals surface area (Å²) >= 11 is 2.68. The van der Waals surface area contributed by atoms with Crippen LogP contribution in [0.15, 0.2) is 78.0 Å². The number of amides is 2. The van der Waals surface area contributed by atoms with Crippen LogP contribution < -0.4 is 15.4 Å². The van der Waals surface area contributed by atoms with Gasteiger partial charge in [-0.3, -0.25) is 14.2 Å². The van der Waals surface area contributed by atoms with Crippen molar-refractivity contribution in [2.24, 2.45) is 0 Å². The van der Waals surface area contributed by atoms with Crippen LogP contribution in [0, 0.1) is 0 Å². The summed E-state index contributed by atoms with van der Waals surface area (Å²) in [4.78, 5) is 30.2. The number of rotatable bonds is 10. The number of ether oxygens (including phenoxy) is 1. The Kier molecular flexibility index (Phi) is 8.89. The minimum absolute atomic E-state index is 0.00248. The third kappa shape index (κ3) is 6.97. The van der Waals surface area contributed by atoms with Crippen LogP contribution in [0.1, 0.15) is 49.4 Å². The predicted molar refractivity (Wildman–Crippen MR) is 168 cm³/mol. The SMILES string of the molecule is CCOc1ccc(-n2c(CNC(=O)c3ccc(C(C)(C)C)cc3)nnc2SCC(=O)Nc2nc3ccccc3s2)cc1. The van der Waals surface area contributed by atoms with Gasteiger partial charge in [0.25, 0.3) is 5.91 Å². The van der Waals surface area contributed by atoms with Crippen LogP contribution in [0.4, 0.5) is 5.13 Å². The van der Waals surface area contributed by atoms with E-state index in [-0.39, 0.29) is 29.5 Å². The molecule has 0 radical (unpaired) electrons. The van der Waals surface area contributed by atoms with Gasteiger partial charge < -0.3 is 15.4 Å². The number of hydrogen-bond acceptors (Lipinski definition) is 8. The van der Waals surface area contributed by atoms with Gasteiger partial charge in [0.1, 0.15) is 5.75 Å². The molecule has 5 rings (SSSR count). The Labute approximate surface area is 252 Å². The molecule has 0 aliphatic rings. The molecule has 0 spiro atoms. The van der Waals surface area contributed by atoms with E-state index in [1.807, 2.05) is 84.3 Å². The van der Waals surface area contributed by atoms with E-state index in [0.717, 1.165) is 27.2 Å². The fraction of sp³-hybridized carbons (Fsp3) is 0.258. The predicted octanol–water partition coefficient (Wildman–Crippen LogP) is 6.23. The number of nitrogens with one attached hydrogen (secondary N) is 2. The molecule has 42 heavy (non-hydrogen) atoms. The van der Waals surface area contributed by atoms with E-state index in [4.69, 9.17) is 4.74 Å². The normalized spacial score (nSPS) is 11.4. The summed E-state index contributed by atoms with van der Waals surface area (Å²) in [5.74, 6) is 0.979. The molecule has 2 amide bonds. The molecule has 2 aromatic heterocycles. The van der Waals surface area contributed by atoms with Crippen molar-refractivity contribution in [1.29, 1.82) is 0 Å². The van der Waals surface area contributed by atoms with E-state index in [1.165, 1.54) is 23.1 Å². The minimum Gasteiger partial charge on any atom is -0.494 e. The maximum atomic E-state index is 13.0. The number of thioether (sulfide) groups is 1. The molecule has 0 bridgehead atoms. The zero-order valence-corrected chi connectivity index (χ0v) is 25.5. The van der Waals surface area contributed by atoms with Crippen molar-refractivity contribution < 1.29 is 14.3 Å². The van der Waals surface area contributed by atoms with Crippen LogP contribution in [-0.4, -0.2) is 43.9 Å². The van der Waals surface area contributed by atoms with Crippen LogP contribution in [0.25, 0.3) is 15.9 Å². The van der Waals surface area contributed by atoms with Crippen LogP contribution in [-0.2, 0) is 16.8 Å². The quantitative estimate of drug-likeness (QED) is 0.183. The van der Waals surface area contributed by atoms with E-state index in [0.29, 0.717) is 28.3 Å². The van der Waals surface area contributed by atoms with Crippen molar-refractivity contribution >= 4 is 50.3 Å². The van der Waals surface area contributed by atoms with E-state index >= 15 is 0 Å². The van der Waals surface area contributed by atoms with E-state index in [1.54, 1.807) is 0 Å². The third-order valence-electron chi connectivity index (χ3n) is 6.40.